The van der Waals surface area contributed by atoms with Crippen molar-refractivity contribution in [2.24, 2.45) is 11.8 Å². The van der Waals surface area contributed by atoms with Crippen LogP contribution in [0.15, 0.2) is 22.8 Å². The molecule has 0 radical (unpaired) electrons. The Kier molecular flexibility index (Phi) is 3.57. The van der Waals surface area contributed by atoms with Crippen LogP contribution in [-0.4, -0.2) is 43.5 Å². The molecule has 5 nitrogen and oxygen atoms in total. The first-order valence-corrected chi connectivity index (χ1v) is 6.98. The smallest absolute Gasteiger partial charge is 0.234 e. The van der Waals surface area contributed by atoms with E-state index in [4.69, 9.17) is 4.42 Å². The predicted molar refractivity (Wildman–Crippen MR) is 71.6 cm³/mol. The van der Waals surface area contributed by atoms with Crippen molar-refractivity contribution in [1.82, 2.24) is 15.5 Å². The van der Waals surface area contributed by atoms with Gasteiger partial charge in [-0.25, -0.2) is 0 Å². The van der Waals surface area contributed by atoms with Gasteiger partial charge < -0.3 is 15.1 Å². The van der Waals surface area contributed by atoms with E-state index in [0.717, 1.165) is 43.8 Å². The summed E-state index contributed by atoms with van der Waals surface area (Å²) >= 11 is 0. The van der Waals surface area contributed by atoms with E-state index in [1.54, 1.807) is 6.26 Å². The van der Waals surface area contributed by atoms with Gasteiger partial charge in [0.05, 0.1) is 18.8 Å². The summed E-state index contributed by atoms with van der Waals surface area (Å²) in [5.41, 5.74) is 0. The van der Waals surface area contributed by atoms with Crippen molar-refractivity contribution in [3.63, 3.8) is 0 Å². The Bertz CT molecular complexity index is 420. The number of carbonyl (C=O) groups excluding carboxylic acids is 1. The van der Waals surface area contributed by atoms with E-state index >= 15 is 0 Å². The molecule has 0 aliphatic carbocycles. The quantitative estimate of drug-likeness (QED) is 0.835. The van der Waals surface area contributed by atoms with Gasteiger partial charge in [0.2, 0.25) is 5.91 Å². The largest absolute Gasteiger partial charge is 0.467 e. The highest BCUT2D eigenvalue weighted by molar-refractivity contribution is 5.78. The maximum absolute atomic E-state index is 12.0. The second-order valence-electron chi connectivity index (χ2n) is 5.68. The zero-order valence-corrected chi connectivity index (χ0v) is 11.3. The first kappa shape index (κ1) is 12.7. The predicted octanol–water partition coefficient (Wildman–Crippen LogP) is 0.608. The third-order valence-electron chi connectivity index (χ3n) is 4.18. The summed E-state index contributed by atoms with van der Waals surface area (Å²) in [5, 5.41) is 6.39. The number of furan rings is 1. The van der Waals surface area contributed by atoms with Crippen LogP contribution in [0.25, 0.3) is 0 Å². The number of carbonyl (C=O) groups is 1. The van der Waals surface area contributed by atoms with Crippen molar-refractivity contribution in [2.75, 3.05) is 32.7 Å². The Morgan fingerprint density at radius 2 is 2.26 bits per heavy atom. The van der Waals surface area contributed by atoms with Crippen LogP contribution in [0.2, 0.25) is 0 Å². The number of hydrogen-bond donors (Lipinski definition) is 2. The summed E-state index contributed by atoms with van der Waals surface area (Å²) in [5.74, 6) is 2.35. The molecule has 0 bridgehead atoms. The molecule has 3 rings (SSSR count). The van der Waals surface area contributed by atoms with E-state index in [2.05, 4.69) is 15.5 Å². The van der Waals surface area contributed by atoms with Gasteiger partial charge in [0.15, 0.2) is 0 Å². The van der Waals surface area contributed by atoms with Gasteiger partial charge in [0.1, 0.15) is 5.76 Å². The van der Waals surface area contributed by atoms with Crippen molar-refractivity contribution in [3.8, 4) is 0 Å². The van der Waals surface area contributed by atoms with Gasteiger partial charge in [-0.1, -0.05) is 0 Å². The highest BCUT2D eigenvalue weighted by atomic mass is 16.3. The molecule has 5 heteroatoms. The van der Waals surface area contributed by atoms with Crippen molar-refractivity contribution in [1.29, 1.82) is 0 Å². The number of amides is 1. The Hall–Kier alpha value is -1.33. The molecule has 3 heterocycles. The van der Waals surface area contributed by atoms with Gasteiger partial charge in [-0.15, -0.1) is 0 Å². The first-order chi connectivity index (χ1) is 9.22. The molecule has 2 fully saturated rings. The lowest BCUT2D eigenvalue weighted by Crippen LogP contribution is -2.38. The molecule has 1 aromatic heterocycles. The standard InChI is InChI=1S/C14H21N3O2/c1-10(13-3-2-4-19-13)16-14(18)9-17-7-11-5-15-6-12(11)8-17/h2-4,10-12,15H,5-9H2,1H3,(H,16,18)/t10?,11-,12+. The molecule has 2 N–H and O–H groups in total. The molecule has 2 aliphatic rings. The summed E-state index contributed by atoms with van der Waals surface area (Å²) in [4.78, 5) is 14.3. The Labute approximate surface area is 113 Å². The van der Waals surface area contributed by atoms with E-state index in [0.29, 0.717) is 6.54 Å². The third-order valence-corrected chi connectivity index (χ3v) is 4.18. The number of nitrogens with zero attached hydrogens (tertiary/aromatic N) is 1. The molecule has 0 spiro atoms. The first-order valence-electron chi connectivity index (χ1n) is 6.98. The van der Waals surface area contributed by atoms with Crippen LogP contribution >= 0.6 is 0 Å². The second-order valence-corrected chi connectivity index (χ2v) is 5.68. The Morgan fingerprint density at radius 3 is 2.89 bits per heavy atom. The summed E-state index contributed by atoms with van der Waals surface area (Å²) in [6, 6.07) is 3.66. The molecular weight excluding hydrogens is 242 g/mol. The van der Waals surface area contributed by atoms with Crippen LogP contribution in [0.5, 0.6) is 0 Å². The minimum Gasteiger partial charge on any atom is -0.467 e. The Morgan fingerprint density at radius 1 is 1.53 bits per heavy atom. The van der Waals surface area contributed by atoms with Crippen molar-refractivity contribution in [3.05, 3.63) is 24.2 Å². The maximum atomic E-state index is 12.0. The fourth-order valence-corrected chi connectivity index (χ4v) is 3.18. The van der Waals surface area contributed by atoms with Gasteiger partial charge in [0.25, 0.3) is 0 Å². The van der Waals surface area contributed by atoms with Crippen molar-refractivity contribution in [2.45, 2.75) is 13.0 Å². The maximum Gasteiger partial charge on any atom is 0.234 e. The zero-order chi connectivity index (χ0) is 13.2. The van der Waals surface area contributed by atoms with Crippen molar-refractivity contribution >= 4 is 5.91 Å². The SMILES string of the molecule is CC(NC(=O)CN1C[C@H]2CNC[C@H]2C1)c1ccco1. The van der Waals surface area contributed by atoms with Crippen LogP contribution in [0.4, 0.5) is 0 Å². The van der Waals surface area contributed by atoms with Crippen LogP contribution in [0.3, 0.4) is 0 Å². The summed E-state index contributed by atoms with van der Waals surface area (Å²) in [6.07, 6.45) is 1.63. The van der Waals surface area contributed by atoms with Gasteiger partial charge in [-0.3, -0.25) is 9.69 Å². The molecule has 0 saturated carbocycles. The van der Waals surface area contributed by atoms with E-state index < -0.39 is 0 Å². The summed E-state index contributed by atoms with van der Waals surface area (Å²) < 4.78 is 5.29. The normalized spacial score (nSPS) is 28.3. The van der Waals surface area contributed by atoms with E-state index in [1.807, 2.05) is 19.1 Å². The van der Waals surface area contributed by atoms with Gasteiger partial charge in [-0.05, 0) is 44.0 Å². The van der Waals surface area contributed by atoms with Gasteiger partial charge in [0, 0.05) is 13.1 Å². The molecule has 1 amide bonds. The number of fused-ring (bicyclic) bond motifs is 1. The van der Waals surface area contributed by atoms with E-state index in [-0.39, 0.29) is 11.9 Å². The van der Waals surface area contributed by atoms with Crippen LogP contribution in [-0.2, 0) is 4.79 Å². The Balaban J connectivity index is 1.47. The number of rotatable bonds is 4. The number of nitrogens with one attached hydrogen (secondary N) is 2. The number of likely N-dealkylation sites (tertiary alicyclic amines) is 1. The van der Waals surface area contributed by atoms with Crippen LogP contribution in [0, 0.1) is 11.8 Å². The van der Waals surface area contributed by atoms with Crippen LogP contribution in [0.1, 0.15) is 18.7 Å². The molecule has 1 aromatic rings. The highest BCUT2D eigenvalue weighted by Gasteiger charge is 2.36. The lowest BCUT2D eigenvalue weighted by Gasteiger charge is -2.18. The monoisotopic (exact) mass is 263 g/mol. The summed E-state index contributed by atoms with van der Waals surface area (Å²) in [7, 11) is 0. The lowest BCUT2D eigenvalue weighted by atomic mass is 10.0. The lowest BCUT2D eigenvalue weighted by molar-refractivity contribution is -0.122. The van der Waals surface area contributed by atoms with E-state index in [9.17, 15) is 4.79 Å². The topological polar surface area (TPSA) is 57.5 Å². The fraction of sp³-hybridized carbons (Fsp3) is 0.643. The minimum absolute atomic E-state index is 0.0636. The molecular formula is C14H21N3O2. The third kappa shape index (κ3) is 2.82. The average Bonchev–Trinajstić information content (AvgIpc) is 3.03. The highest BCUT2D eigenvalue weighted by Crippen LogP contribution is 2.25. The summed E-state index contributed by atoms with van der Waals surface area (Å²) in [6.45, 7) is 6.73. The van der Waals surface area contributed by atoms with Gasteiger partial charge in [-0.2, -0.15) is 0 Å². The fourth-order valence-electron chi connectivity index (χ4n) is 3.18. The second kappa shape index (κ2) is 5.35. The van der Waals surface area contributed by atoms with Gasteiger partial charge >= 0.3 is 0 Å². The van der Waals surface area contributed by atoms with Crippen molar-refractivity contribution < 1.29 is 9.21 Å². The molecule has 1 unspecified atom stereocenters. The molecule has 0 aromatic carbocycles. The van der Waals surface area contributed by atoms with E-state index in [1.165, 1.54) is 0 Å². The molecule has 3 atom stereocenters. The van der Waals surface area contributed by atoms with Crippen LogP contribution < -0.4 is 10.6 Å². The molecule has 2 saturated heterocycles. The minimum atomic E-state index is -0.0636. The zero-order valence-electron chi connectivity index (χ0n) is 11.3. The average molecular weight is 263 g/mol. The molecule has 104 valence electrons. The number of hydrogen-bond acceptors (Lipinski definition) is 4. The molecule has 19 heavy (non-hydrogen) atoms. The molecule has 2 aliphatic heterocycles.